The summed E-state index contributed by atoms with van der Waals surface area (Å²) in [5, 5.41) is 4.05. The van der Waals surface area contributed by atoms with Crippen LogP contribution in [0.5, 0.6) is 0 Å². The quantitative estimate of drug-likeness (QED) is 0.910. The normalized spacial score (nSPS) is 19.1. The molecule has 4 nitrogen and oxygen atoms in total. The Balaban J connectivity index is 2.25. The van der Waals surface area contributed by atoms with Crippen molar-refractivity contribution in [3.05, 3.63) is 16.7 Å². The predicted octanol–water partition coefficient (Wildman–Crippen LogP) is 2.13. The molecule has 1 aliphatic heterocycles. The van der Waals surface area contributed by atoms with Gasteiger partial charge in [0.25, 0.3) is 0 Å². The van der Waals surface area contributed by atoms with Gasteiger partial charge < -0.3 is 9.88 Å². The van der Waals surface area contributed by atoms with Crippen molar-refractivity contribution < 1.29 is 0 Å². The van der Waals surface area contributed by atoms with Gasteiger partial charge in [-0.3, -0.25) is 4.90 Å². The fourth-order valence-electron chi connectivity index (χ4n) is 2.64. The highest BCUT2D eigenvalue weighted by molar-refractivity contribution is 6.30. The van der Waals surface area contributed by atoms with Crippen molar-refractivity contribution in [2.45, 2.75) is 32.2 Å². The highest BCUT2D eigenvalue weighted by atomic mass is 35.5. The number of halogens is 1. The average molecular weight is 271 g/mol. The summed E-state index contributed by atoms with van der Waals surface area (Å²) < 4.78 is 1.96. The molecule has 0 aromatic carbocycles. The Hall–Kier alpha value is -0.580. The van der Waals surface area contributed by atoms with E-state index in [-0.39, 0.29) is 0 Å². The number of piperidine rings is 1. The molecule has 0 saturated carbocycles. The number of imidazole rings is 1. The van der Waals surface area contributed by atoms with Crippen LogP contribution < -0.4 is 5.32 Å². The number of aromatic nitrogens is 2. The van der Waals surface area contributed by atoms with E-state index in [9.17, 15) is 0 Å². The number of nitrogens with zero attached hydrogens (tertiary/aromatic N) is 3. The molecule has 0 radical (unpaired) electrons. The van der Waals surface area contributed by atoms with Crippen molar-refractivity contribution in [3.63, 3.8) is 0 Å². The summed E-state index contributed by atoms with van der Waals surface area (Å²) in [5.74, 6) is 0.980. The molecule has 1 N–H and O–H groups in total. The van der Waals surface area contributed by atoms with E-state index in [0.29, 0.717) is 6.04 Å². The molecular weight excluding hydrogens is 248 g/mol. The van der Waals surface area contributed by atoms with E-state index in [1.54, 1.807) is 0 Å². The van der Waals surface area contributed by atoms with Crippen LogP contribution in [0.15, 0.2) is 0 Å². The van der Waals surface area contributed by atoms with Gasteiger partial charge in [-0.25, -0.2) is 4.98 Å². The Morgan fingerprint density at radius 2 is 2.00 bits per heavy atom. The van der Waals surface area contributed by atoms with E-state index in [1.807, 2.05) is 25.6 Å². The van der Waals surface area contributed by atoms with Crippen LogP contribution in [0.3, 0.4) is 0 Å². The van der Waals surface area contributed by atoms with Crippen LogP contribution in [0.4, 0.5) is 0 Å². The minimum Gasteiger partial charge on any atom is -0.322 e. The van der Waals surface area contributed by atoms with Crippen molar-refractivity contribution in [1.82, 2.24) is 19.8 Å². The number of likely N-dealkylation sites (tertiary alicyclic amines) is 1. The lowest BCUT2D eigenvalue weighted by Crippen LogP contribution is -2.38. The van der Waals surface area contributed by atoms with Crippen LogP contribution in [0.2, 0.25) is 5.15 Å². The molecule has 5 heteroatoms. The van der Waals surface area contributed by atoms with Crippen molar-refractivity contribution in [2.75, 3.05) is 26.7 Å². The third-order valence-corrected chi connectivity index (χ3v) is 4.27. The maximum atomic E-state index is 6.41. The summed E-state index contributed by atoms with van der Waals surface area (Å²) in [4.78, 5) is 7.16. The number of aryl methyl sites for hydroxylation is 1. The van der Waals surface area contributed by atoms with Gasteiger partial charge in [-0.15, -0.1) is 0 Å². The van der Waals surface area contributed by atoms with E-state index < -0.39 is 0 Å². The SMILES string of the molecule is CNCC(c1nc(C)n(C)c1Cl)N1CCCCC1. The predicted molar refractivity (Wildman–Crippen MR) is 75.0 cm³/mol. The zero-order valence-corrected chi connectivity index (χ0v) is 12.3. The van der Waals surface area contributed by atoms with E-state index in [1.165, 1.54) is 19.3 Å². The van der Waals surface area contributed by atoms with E-state index in [2.05, 4.69) is 15.2 Å². The molecule has 0 bridgehead atoms. The zero-order chi connectivity index (χ0) is 13.1. The molecule has 1 aromatic heterocycles. The first-order valence-electron chi connectivity index (χ1n) is 6.72. The highest BCUT2D eigenvalue weighted by Gasteiger charge is 2.26. The summed E-state index contributed by atoms with van der Waals surface area (Å²) in [7, 11) is 3.96. The molecule has 1 saturated heterocycles. The molecule has 102 valence electrons. The summed E-state index contributed by atoms with van der Waals surface area (Å²) in [6.07, 6.45) is 3.91. The van der Waals surface area contributed by atoms with Crippen LogP contribution >= 0.6 is 11.6 Å². The van der Waals surface area contributed by atoms with Crippen LogP contribution in [0.25, 0.3) is 0 Å². The van der Waals surface area contributed by atoms with Crippen LogP contribution in [-0.2, 0) is 7.05 Å². The second-order valence-electron chi connectivity index (χ2n) is 5.06. The van der Waals surface area contributed by atoms with Crippen molar-refractivity contribution >= 4 is 11.6 Å². The lowest BCUT2D eigenvalue weighted by atomic mass is 10.1. The second kappa shape index (κ2) is 6.04. The lowest BCUT2D eigenvalue weighted by molar-refractivity contribution is 0.159. The number of nitrogens with one attached hydrogen (secondary N) is 1. The third-order valence-electron chi connectivity index (χ3n) is 3.82. The fraction of sp³-hybridized carbons (Fsp3) is 0.769. The molecular formula is C13H23ClN4. The van der Waals surface area contributed by atoms with Crippen molar-refractivity contribution in [3.8, 4) is 0 Å². The third kappa shape index (κ3) is 2.71. The van der Waals surface area contributed by atoms with Crippen molar-refractivity contribution in [2.24, 2.45) is 7.05 Å². The second-order valence-corrected chi connectivity index (χ2v) is 5.42. The standard InChI is InChI=1S/C13H23ClN4/c1-10-16-12(13(14)17(10)3)11(9-15-2)18-7-5-4-6-8-18/h11,15H,4-9H2,1-3H3. The molecule has 0 aliphatic carbocycles. The molecule has 2 rings (SSSR count). The van der Waals surface area contributed by atoms with Gasteiger partial charge in [-0.05, 0) is 39.9 Å². The summed E-state index contributed by atoms with van der Waals surface area (Å²) >= 11 is 6.41. The molecule has 1 aliphatic rings. The average Bonchev–Trinajstić information content (AvgIpc) is 2.65. The van der Waals surface area contributed by atoms with Gasteiger partial charge in [-0.2, -0.15) is 0 Å². The zero-order valence-electron chi connectivity index (χ0n) is 11.5. The van der Waals surface area contributed by atoms with Crippen LogP contribution in [0, 0.1) is 6.92 Å². The number of hydrogen-bond acceptors (Lipinski definition) is 3. The minimum absolute atomic E-state index is 0.294. The summed E-state index contributed by atoms with van der Waals surface area (Å²) in [5.41, 5.74) is 1.02. The van der Waals surface area contributed by atoms with E-state index >= 15 is 0 Å². The van der Waals surface area contributed by atoms with E-state index in [0.717, 1.165) is 36.3 Å². The van der Waals surface area contributed by atoms with E-state index in [4.69, 9.17) is 11.6 Å². The Morgan fingerprint density at radius 1 is 1.33 bits per heavy atom. The number of rotatable bonds is 4. The Labute approximate surface area is 114 Å². The van der Waals surface area contributed by atoms with Gasteiger partial charge in [0.1, 0.15) is 11.0 Å². The molecule has 18 heavy (non-hydrogen) atoms. The Kier molecular flexibility index (Phi) is 4.65. The van der Waals surface area contributed by atoms with Gasteiger partial charge >= 0.3 is 0 Å². The topological polar surface area (TPSA) is 33.1 Å². The Morgan fingerprint density at radius 3 is 2.50 bits per heavy atom. The largest absolute Gasteiger partial charge is 0.322 e. The number of likely N-dealkylation sites (N-methyl/N-ethyl adjacent to an activating group) is 1. The first kappa shape index (κ1) is 13.8. The highest BCUT2D eigenvalue weighted by Crippen LogP contribution is 2.29. The van der Waals surface area contributed by atoms with Gasteiger partial charge in [-0.1, -0.05) is 18.0 Å². The molecule has 0 amide bonds. The smallest absolute Gasteiger partial charge is 0.133 e. The molecule has 0 spiro atoms. The molecule has 1 atom stereocenters. The minimum atomic E-state index is 0.294. The first-order valence-corrected chi connectivity index (χ1v) is 7.10. The maximum Gasteiger partial charge on any atom is 0.133 e. The molecule has 2 heterocycles. The molecule has 1 unspecified atom stereocenters. The van der Waals surface area contributed by atoms with Gasteiger partial charge in [0.05, 0.1) is 11.7 Å². The summed E-state index contributed by atoms with van der Waals surface area (Å²) in [6.45, 7) is 5.20. The maximum absolute atomic E-state index is 6.41. The fourth-order valence-corrected chi connectivity index (χ4v) is 2.93. The van der Waals surface area contributed by atoms with Crippen molar-refractivity contribution in [1.29, 1.82) is 0 Å². The first-order chi connectivity index (χ1) is 8.65. The van der Waals surface area contributed by atoms with Gasteiger partial charge in [0.2, 0.25) is 0 Å². The van der Waals surface area contributed by atoms with Crippen LogP contribution in [-0.4, -0.2) is 41.1 Å². The van der Waals surface area contributed by atoms with Crippen LogP contribution in [0.1, 0.15) is 36.8 Å². The molecule has 1 aromatic rings. The number of hydrogen-bond donors (Lipinski definition) is 1. The molecule has 1 fully saturated rings. The Bertz CT molecular complexity index is 396. The monoisotopic (exact) mass is 270 g/mol. The summed E-state index contributed by atoms with van der Waals surface area (Å²) in [6, 6.07) is 0.294. The lowest BCUT2D eigenvalue weighted by Gasteiger charge is -2.33. The van der Waals surface area contributed by atoms with Gasteiger partial charge in [0, 0.05) is 13.6 Å². The van der Waals surface area contributed by atoms with Gasteiger partial charge in [0.15, 0.2) is 0 Å².